The molecular formula is C45H45Cl3FeN3O. The number of imidazole rings is 1. The Kier molecular flexibility index (Phi) is 16.7. The molecule has 0 aliphatic heterocycles. The summed E-state index contributed by atoms with van der Waals surface area (Å²) in [6, 6.07) is 53.2. The molecule has 6 aromatic carbocycles. The summed E-state index contributed by atoms with van der Waals surface area (Å²) in [7, 11) is 14.7. The number of hydrogen-bond donors (Lipinski definition) is 1. The molecule has 7 aromatic rings. The molecule has 53 heavy (non-hydrogen) atoms. The molecule has 0 amide bonds. The molecule has 1 heterocycles. The maximum absolute atomic E-state index is 10.0. The van der Waals surface area contributed by atoms with Crippen LogP contribution in [0.5, 0.6) is 0 Å². The molecule has 0 saturated heterocycles. The van der Waals surface area contributed by atoms with Crippen molar-refractivity contribution in [2.75, 3.05) is 5.73 Å². The second-order valence-electron chi connectivity index (χ2n) is 12.7. The Morgan fingerprint density at radius 3 is 1.70 bits per heavy atom. The van der Waals surface area contributed by atoms with E-state index in [1.807, 2.05) is 48.5 Å². The summed E-state index contributed by atoms with van der Waals surface area (Å²) in [5.74, 6) is 1.99. The van der Waals surface area contributed by atoms with Gasteiger partial charge in [0, 0.05) is 16.8 Å². The van der Waals surface area contributed by atoms with Crippen molar-refractivity contribution in [3.05, 3.63) is 186 Å². The van der Waals surface area contributed by atoms with E-state index in [1.165, 1.54) is 27.9 Å². The Hall–Kier alpha value is -4.35. The molecule has 0 aliphatic carbocycles. The third-order valence-electron chi connectivity index (χ3n) is 8.44. The molecular weight excluding hydrogens is 761 g/mol. The Bertz CT molecular complexity index is 2150. The Balaban J connectivity index is 0.000000187. The van der Waals surface area contributed by atoms with Crippen LogP contribution in [0, 0.1) is 0 Å². The van der Waals surface area contributed by atoms with E-state index in [0.717, 1.165) is 46.4 Å². The molecule has 0 radical (unpaired) electrons. The van der Waals surface area contributed by atoms with Gasteiger partial charge in [0.1, 0.15) is 12.1 Å². The molecule has 0 spiro atoms. The minimum absolute atomic E-state index is 0.450. The fourth-order valence-corrected chi connectivity index (χ4v) is 5.92. The number of carbonyl (C=O) groups excluding carboxylic acids is 1. The van der Waals surface area contributed by atoms with Crippen LogP contribution in [0.25, 0.3) is 28.1 Å². The van der Waals surface area contributed by atoms with Crippen molar-refractivity contribution in [3.8, 4) is 17.1 Å². The van der Waals surface area contributed by atoms with Crippen LogP contribution < -0.4 is 5.73 Å². The van der Waals surface area contributed by atoms with Crippen LogP contribution in [-0.4, -0.2) is 15.8 Å². The molecule has 7 rings (SSSR count). The fraction of sp³-hybridized carbons (Fsp3) is 0.156. The monoisotopic (exact) mass is 804 g/mol. The summed E-state index contributed by atoms with van der Waals surface area (Å²) in [5, 5.41) is 0. The Morgan fingerprint density at radius 2 is 1.11 bits per heavy atom. The van der Waals surface area contributed by atoms with Gasteiger partial charge in [-0.2, -0.15) is 0 Å². The van der Waals surface area contributed by atoms with Crippen LogP contribution in [0.15, 0.2) is 158 Å². The number of nitrogen functional groups attached to an aromatic ring is 1. The Labute approximate surface area is 331 Å². The van der Waals surface area contributed by atoms with Crippen LogP contribution in [0.1, 0.15) is 72.1 Å². The van der Waals surface area contributed by atoms with Gasteiger partial charge in [0.05, 0.1) is 16.7 Å². The predicted octanol–water partition coefficient (Wildman–Crippen LogP) is 13.4. The third-order valence-corrected chi connectivity index (χ3v) is 8.44. The van der Waals surface area contributed by atoms with Gasteiger partial charge in [-0.15, -0.1) is 0 Å². The molecule has 0 atom stereocenters. The van der Waals surface area contributed by atoms with Crippen molar-refractivity contribution < 1.29 is 16.0 Å². The standard InChI is InChI=1S/C22H20N2.C16H19N.C7H6O.3ClH.Fe/c1-16(2)18-12-6-8-14-20(18)24-21-15-9-7-13-19(21)23-22(24)17-10-4-3-5-11-17;1-12(2)15-9-5-3-7-13(15)11-14-8-4-6-10-16(14)17;8-6-7-4-2-1-3-5-7;;;;/h3-16H,1-2H3;3-10,12H,11,17H2,1-2H3;1-6H;3*1H;/q;;;;;;+3/p-3. The van der Waals surface area contributed by atoms with Crippen molar-refractivity contribution >= 4 is 53.3 Å². The maximum atomic E-state index is 10.0. The molecule has 0 saturated carbocycles. The number of aldehydes is 1. The number of para-hydroxylation sites is 4. The number of benzene rings is 6. The van der Waals surface area contributed by atoms with Crippen molar-refractivity contribution in [2.45, 2.75) is 46.0 Å². The normalized spacial score (nSPS) is 10.7. The summed E-state index contributed by atoms with van der Waals surface area (Å²) in [5.41, 5.74) is 17.4. The number of rotatable bonds is 7. The van der Waals surface area contributed by atoms with Crippen LogP contribution in [0.3, 0.4) is 0 Å². The fourth-order valence-electron chi connectivity index (χ4n) is 5.92. The van der Waals surface area contributed by atoms with Crippen molar-refractivity contribution in [3.63, 3.8) is 0 Å². The predicted molar refractivity (Wildman–Crippen MR) is 224 cm³/mol. The summed E-state index contributed by atoms with van der Waals surface area (Å²) < 4.78 is 2.29. The summed E-state index contributed by atoms with van der Waals surface area (Å²) in [4.78, 5) is 14.9. The molecule has 275 valence electrons. The zero-order valence-electron chi connectivity index (χ0n) is 30.3. The van der Waals surface area contributed by atoms with E-state index in [4.69, 9.17) is 41.0 Å². The molecule has 0 fully saturated rings. The van der Waals surface area contributed by atoms with Gasteiger partial charge in [0.2, 0.25) is 0 Å². The van der Waals surface area contributed by atoms with E-state index in [0.29, 0.717) is 11.8 Å². The molecule has 4 nitrogen and oxygen atoms in total. The first-order valence-electron chi connectivity index (χ1n) is 17.3. The number of nitrogens with two attached hydrogens (primary N) is 1. The number of anilines is 1. The number of fused-ring (bicyclic) bond motifs is 1. The van der Waals surface area contributed by atoms with Gasteiger partial charge in [-0.05, 0) is 64.8 Å². The van der Waals surface area contributed by atoms with Gasteiger partial charge in [0.25, 0.3) is 0 Å². The van der Waals surface area contributed by atoms with Crippen molar-refractivity contribution in [1.29, 1.82) is 0 Å². The van der Waals surface area contributed by atoms with Crippen molar-refractivity contribution in [2.24, 2.45) is 0 Å². The number of halogens is 3. The van der Waals surface area contributed by atoms with E-state index in [-0.39, 0.29) is 0 Å². The topological polar surface area (TPSA) is 60.9 Å². The number of aromatic nitrogens is 2. The van der Waals surface area contributed by atoms with E-state index < -0.39 is 11.2 Å². The van der Waals surface area contributed by atoms with Gasteiger partial charge in [-0.1, -0.05) is 161 Å². The molecule has 0 aliphatic rings. The molecule has 1 aromatic heterocycles. The average molecular weight is 806 g/mol. The number of hydrogen-bond acceptors (Lipinski definition) is 3. The minimum atomic E-state index is -1.33. The van der Waals surface area contributed by atoms with Crippen LogP contribution in [0.2, 0.25) is 0 Å². The SMILES string of the molecule is CC(C)c1ccccc1-n1c(-c2ccccc2)nc2ccccc21.CC(C)c1ccccc1Cc1ccccc1N.O=Cc1ccccc1.[Cl][Fe]([Cl])[Cl]. The second kappa shape index (κ2) is 21.4. The van der Waals surface area contributed by atoms with E-state index in [2.05, 4.69) is 129 Å². The summed E-state index contributed by atoms with van der Waals surface area (Å²) >= 11 is -1.33. The first-order valence-corrected chi connectivity index (χ1v) is 21.9. The molecule has 2 N–H and O–H groups in total. The Morgan fingerprint density at radius 1 is 0.623 bits per heavy atom. The first kappa shape index (κ1) is 41.4. The molecule has 0 unspecified atom stereocenters. The van der Waals surface area contributed by atoms with Crippen LogP contribution in [0.4, 0.5) is 5.69 Å². The zero-order chi connectivity index (χ0) is 38.2. The molecule has 8 heteroatoms. The van der Waals surface area contributed by atoms with Gasteiger partial charge in [-0.3, -0.25) is 9.36 Å². The van der Waals surface area contributed by atoms with E-state index >= 15 is 0 Å². The van der Waals surface area contributed by atoms with Crippen LogP contribution in [-0.2, 0) is 17.6 Å². The molecule has 0 bridgehead atoms. The zero-order valence-corrected chi connectivity index (χ0v) is 33.7. The van der Waals surface area contributed by atoms with E-state index in [9.17, 15) is 4.79 Å². The third kappa shape index (κ3) is 12.4. The van der Waals surface area contributed by atoms with Gasteiger partial charge in [-0.25, -0.2) is 4.98 Å². The van der Waals surface area contributed by atoms with Crippen molar-refractivity contribution in [1.82, 2.24) is 9.55 Å². The average Bonchev–Trinajstić information content (AvgIpc) is 3.56. The van der Waals surface area contributed by atoms with Gasteiger partial charge in [0.15, 0.2) is 0 Å². The van der Waals surface area contributed by atoms with Crippen LogP contribution >= 0.6 is 30.3 Å². The quantitative estimate of drug-likeness (QED) is 0.0991. The van der Waals surface area contributed by atoms with Gasteiger partial charge < -0.3 is 5.73 Å². The van der Waals surface area contributed by atoms with E-state index in [1.54, 1.807) is 12.1 Å². The summed E-state index contributed by atoms with van der Waals surface area (Å²) in [6.45, 7) is 8.93. The second-order valence-corrected chi connectivity index (χ2v) is 18.2. The number of carbonyl (C=O) groups is 1. The summed E-state index contributed by atoms with van der Waals surface area (Å²) in [6.07, 6.45) is 1.75. The number of nitrogens with zero attached hydrogens (tertiary/aromatic N) is 2. The first-order chi connectivity index (χ1) is 25.6. The van der Waals surface area contributed by atoms with Gasteiger partial charge >= 0.3 is 41.5 Å².